The molecule has 1 aliphatic rings. The number of nitrogens with one attached hydrogen (secondary N) is 1. The van der Waals surface area contributed by atoms with Crippen LogP contribution >= 0.6 is 11.8 Å². The number of rotatable bonds is 12. The molecule has 4 rings (SSSR count). The van der Waals surface area contributed by atoms with Gasteiger partial charge in [0.1, 0.15) is 24.7 Å². The van der Waals surface area contributed by atoms with Gasteiger partial charge in [-0.15, -0.1) is 0 Å². The topological polar surface area (TPSA) is 100 Å². The van der Waals surface area contributed by atoms with Crippen molar-refractivity contribution in [2.75, 3.05) is 14.2 Å². The van der Waals surface area contributed by atoms with E-state index < -0.39 is 28.6 Å². The van der Waals surface area contributed by atoms with Crippen LogP contribution in [0.4, 0.5) is 4.79 Å². The summed E-state index contributed by atoms with van der Waals surface area (Å²) in [6.45, 7) is 1.62. The van der Waals surface area contributed by atoms with Gasteiger partial charge in [-0.05, 0) is 73.2 Å². The zero-order valence-electron chi connectivity index (χ0n) is 24.9. The van der Waals surface area contributed by atoms with Crippen LogP contribution in [0, 0.1) is 11.3 Å². The number of carbonyl (C=O) groups excluding carboxylic acids is 3. The second-order valence-corrected chi connectivity index (χ2v) is 11.8. The fourth-order valence-electron chi connectivity index (χ4n) is 5.31. The van der Waals surface area contributed by atoms with Gasteiger partial charge < -0.3 is 24.3 Å². The largest absolute Gasteiger partial charge is 0.497 e. The Bertz CT molecular complexity index is 1340. The molecule has 1 N–H and O–H groups in total. The van der Waals surface area contributed by atoms with Gasteiger partial charge in [0.2, 0.25) is 5.12 Å². The van der Waals surface area contributed by atoms with Gasteiger partial charge in [-0.25, -0.2) is 4.79 Å². The van der Waals surface area contributed by atoms with Crippen molar-refractivity contribution in [1.29, 1.82) is 0 Å². The van der Waals surface area contributed by atoms with Crippen molar-refractivity contribution < 1.29 is 33.3 Å². The molecule has 0 aliphatic heterocycles. The Hall–Kier alpha value is -3.98. The molecule has 0 aromatic heterocycles. The number of hydrogen-bond acceptors (Lipinski definition) is 8. The monoisotopic (exact) mass is 605 g/mol. The molecule has 0 saturated heterocycles. The number of ether oxygens (including phenoxy) is 4. The summed E-state index contributed by atoms with van der Waals surface area (Å²) in [5, 5.41) is 2.52. The molecule has 1 saturated carbocycles. The van der Waals surface area contributed by atoms with E-state index in [0.717, 1.165) is 55.0 Å². The number of benzene rings is 3. The molecule has 0 spiro atoms. The minimum atomic E-state index is -1.70. The van der Waals surface area contributed by atoms with Gasteiger partial charge in [0.15, 0.2) is 5.41 Å². The molecule has 0 unspecified atom stereocenters. The molecule has 8 nitrogen and oxygen atoms in total. The quantitative estimate of drug-likeness (QED) is 0.135. The Balaban J connectivity index is 1.61. The third-order valence-corrected chi connectivity index (χ3v) is 8.99. The van der Waals surface area contributed by atoms with E-state index in [1.165, 1.54) is 0 Å². The number of hydrogen-bond donors (Lipinski definition) is 1. The molecular weight excluding hydrogens is 566 g/mol. The molecule has 1 fully saturated rings. The van der Waals surface area contributed by atoms with Crippen LogP contribution in [0.25, 0.3) is 0 Å². The highest BCUT2D eigenvalue weighted by molar-refractivity contribution is 8.13. The van der Waals surface area contributed by atoms with E-state index >= 15 is 0 Å². The Morgan fingerprint density at radius 2 is 1.35 bits per heavy atom. The third-order valence-electron chi connectivity index (χ3n) is 7.88. The number of esters is 1. The zero-order chi connectivity index (χ0) is 30.7. The molecule has 2 atom stereocenters. The van der Waals surface area contributed by atoms with Crippen LogP contribution in [0.15, 0.2) is 83.8 Å². The molecule has 0 radical (unpaired) electrons. The lowest BCUT2D eigenvalue weighted by atomic mass is 9.71. The lowest BCUT2D eigenvalue weighted by Crippen LogP contribution is -2.58. The van der Waals surface area contributed by atoms with Gasteiger partial charge in [-0.2, -0.15) is 0 Å². The van der Waals surface area contributed by atoms with Crippen LogP contribution in [0.5, 0.6) is 11.5 Å². The molecule has 0 bridgehead atoms. The lowest BCUT2D eigenvalue weighted by Gasteiger charge is -2.40. The number of amides is 1. The van der Waals surface area contributed by atoms with Gasteiger partial charge in [0, 0.05) is 4.90 Å². The second kappa shape index (κ2) is 15.5. The van der Waals surface area contributed by atoms with Gasteiger partial charge >= 0.3 is 12.1 Å². The minimum Gasteiger partial charge on any atom is -0.497 e. The molecule has 0 heterocycles. The highest BCUT2D eigenvalue weighted by atomic mass is 32.2. The molecular formula is C34H39NO7S. The van der Waals surface area contributed by atoms with Crippen LogP contribution < -0.4 is 14.8 Å². The molecule has 3 aromatic carbocycles. The fourth-order valence-corrected chi connectivity index (χ4v) is 6.22. The van der Waals surface area contributed by atoms with Crippen molar-refractivity contribution in [3.05, 3.63) is 90.0 Å². The average Bonchev–Trinajstić information content (AvgIpc) is 3.06. The van der Waals surface area contributed by atoms with Crippen LogP contribution in [-0.2, 0) is 32.3 Å². The molecule has 1 amide bonds. The van der Waals surface area contributed by atoms with E-state index in [1.807, 2.05) is 30.3 Å². The van der Waals surface area contributed by atoms with Crippen molar-refractivity contribution in [1.82, 2.24) is 5.32 Å². The van der Waals surface area contributed by atoms with Crippen molar-refractivity contribution in [3.63, 3.8) is 0 Å². The van der Waals surface area contributed by atoms with E-state index in [-0.39, 0.29) is 19.1 Å². The smallest absolute Gasteiger partial charge is 0.407 e. The summed E-state index contributed by atoms with van der Waals surface area (Å²) < 4.78 is 21.8. The molecule has 43 heavy (non-hydrogen) atoms. The molecule has 9 heteroatoms. The van der Waals surface area contributed by atoms with Crippen molar-refractivity contribution in [2.45, 2.75) is 63.2 Å². The predicted molar refractivity (Wildman–Crippen MR) is 165 cm³/mol. The zero-order valence-corrected chi connectivity index (χ0v) is 25.7. The standard InChI is InChI=1S/C34H39NO7S/c1-34(32(37)43-29-20-18-28(40-3)19-21-29,31(36)41-22-25-14-16-27(39-2)17-15-25)30(26-12-8-5-9-13-26)35-33(38)42-23-24-10-6-4-7-11-24/h4,6-7,10-11,14-21,26,30H,5,8-9,12-13,22-23H2,1-3H3,(H,35,38)/t30-,34-/m0/s1. The van der Waals surface area contributed by atoms with Crippen molar-refractivity contribution >= 4 is 28.9 Å². The van der Waals surface area contributed by atoms with E-state index in [0.29, 0.717) is 16.4 Å². The van der Waals surface area contributed by atoms with Crippen LogP contribution in [-0.4, -0.2) is 37.4 Å². The fraction of sp³-hybridized carbons (Fsp3) is 0.382. The first-order valence-electron chi connectivity index (χ1n) is 14.5. The maximum Gasteiger partial charge on any atom is 0.407 e. The summed E-state index contributed by atoms with van der Waals surface area (Å²) in [5.74, 6) is 0.521. The van der Waals surface area contributed by atoms with Gasteiger partial charge in [-0.1, -0.05) is 73.5 Å². The van der Waals surface area contributed by atoms with Crippen molar-refractivity contribution in [2.24, 2.45) is 11.3 Å². The summed E-state index contributed by atoms with van der Waals surface area (Å²) >= 11 is 0.950. The van der Waals surface area contributed by atoms with E-state index in [4.69, 9.17) is 18.9 Å². The van der Waals surface area contributed by atoms with E-state index in [9.17, 15) is 14.4 Å². The van der Waals surface area contributed by atoms with Crippen LogP contribution in [0.1, 0.15) is 50.2 Å². The van der Waals surface area contributed by atoms with E-state index in [1.54, 1.807) is 69.7 Å². The Kier molecular flexibility index (Phi) is 11.5. The first-order chi connectivity index (χ1) is 20.8. The number of thioether (sulfide) groups is 1. The summed E-state index contributed by atoms with van der Waals surface area (Å²) in [6, 6.07) is 22.7. The van der Waals surface area contributed by atoms with Gasteiger partial charge in [-0.3, -0.25) is 9.59 Å². The predicted octanol–water partition coefficient (Wildman–Crippen LogP) is 6.95. The highest BCUT2D eigenvalue weighted by Gasteiger charge is 2.53. The Labute approximate surface area is 257 Å². The van der Waals surface area contributed by atoms with Crippen molar-refractivity contribution in [3.8, 4) is 11.5 Å². The number of alkyl carbamates (subject to hydrolysis) is 1. The molecule has 3 aromatic rings. The highest BCUT2D eigenvalue weighted by Crippen LogP contribution is 2.41. The number of methoxy groups -OCH3 is 2. The minimum absolute atomic E-state index is 0.0330. The van der Waals surface area contributed by atoms with E-state index in [2.05, 4.69) is 5.32 Å². The summed E-state index contributed by atoms with van der Waals surface area (Å²) in [7, 11) is 3.15. The maximum absolute atomic E-state index is 14.2. The Morgan fingerprint density at radius 1 is 0.791 bits per heavy atom. The summed E-state index contributed by atoms with van der Waals surface area (Å²) in [5.41, 5.74) is -0.124. The number of carbonyl (C=O) groups is 3. The second-order valence-electron chi connectivity index (χ2n) is 10.8. The van der Waals surface area contributed by atoms with Crippen LogP contribution in [0.3, 0.4) is 0 Å². The van der Waals surface area contributed by atoms with Gasteiger partial charge in [0.05, 0.1) is 20.3 Å². The summed E-state index contributed by atoms with van der Waals surface area (Å²) in [6.07, 6.45) is 3.80. The first kappa shape index (κ1) is 31.9. The third kappa shape index (κ3) is 8.54. The normalized spacial score (nSPS) is 15.4. The lowest BCUT2D eigenvalue weighted by molar-refractivity contribution is -0.161. The van der Waals surface area contributed by atoms with Gasteiger partial charge in [0.25, 0.3) is 0 Å². The molecule has 228 valence electrons. The summed E-state index contributed by atoms with van der Waals surface area (Å²) in [4.78, 5) is 42.1. The molecule has 1 aliphatic carbocycles. The first-order valence-corrected chi connectivity index (χ1v) is 15.3. The Morgan fingerprint density at radius 3 is 1.95 bits per heavy atom. The maximum atomic E-state index is 14.2. The van der Waals surface area contributed by atoms with Crippen LogP contribution in [0.2, 0.25) is 0 Å². The average molecular weight is 606 g/mol. The SMILES string of the molecule is COc1ccc(COC(=O)[C@@](C)(C(=O)Sc2ccc(OC)cc2)[C@@H](NC(=O)OCc2ccccc2)C2CCCCC2)cc1.